The summed E-state index contributed by atoms with van der Waals surface area (Å²) in [7, 11) is 1.84. The average molecular weight is 208 g/mol. The molecule has 0 aliphatic heterocycles. The molecule has 0 aliphatic carbocycles. The predicted octanol–water partition coefficient (Wildman–Crippen LogP) is 0.183. The third-order valence-electron chi connectivity index (χ3n) is 2.35. The Balaban J connectivity index is 3.07. The Bertz CT molecular complexity index is 353. The van der Waals surface area contributed by atoms with Crippen molar-refractivity contribution in [2.24, 2.45) is 5.73 Å². The fourth-order valence-corrected chi connectivity index (χ4v) is 1.25. The van der Waals surface area contributed by atoms with Crippen LogP contribution in [0.1, 0.15) is 12.6 Å². The van der Waals surface area contributed by atoms with E-state index in [-0.39, 0.29) is 18.5 Å². The van der Waals surface area contributed by atoms with Crippen LogP contribution in [-0.4, -0.2) is 35.6 Å². The number of aromatic nitrogens is 1. The molecule has 0 saturated carbocycles. The van der Waals surface area contributed by atoms with Gasteiger partial charge in [0.2, 0.25) is 0 Å². The molecule has 0 aromatic carbocycles. The van der Waals surface area contributed by atoms with E-state index < -0.39 is 0 Å². The molecule has 0 fully saturated rings. The van der Waals surface area contributed by atoms with Crippen LogP contribution in [0.3, 0.4) is 0 Å². The van der Waals surface area contributed by atoms with Crippen molar-refractivity contribution in [2.45, 2.75) is 13.0 Å². The number of hydrogen-bond acceptors (Lipinski definition) is 4. The van der Waals surface area contributed by atoms with Crippen LogP contribution in [0, 0.1) is 5.41 Å². The summed E-state index contributed by atoms with van der Waals surface area (Å²) in [5.41, 5.74) is 6.63. The number of likely N-dealkylation sites (N-methyl/N-ethyl adjacent to an activating group) is 1. The Morgan fingerprint density at radius 2 is 2.40 bits per heavy atom. The number of rotatable bonds is 4. The number of aliphatic hydroxyl groups excluding tert-OH is 1. The van der Waals surface area contributed by atoms with E-state index in [9.17, 15) is 0 Å². The number of pyridine rings is 1. The van der Waals surface area contributed by atoms with Gasteiger partial charge in [0.1, 0.15) is 11.5 Å². The highest BCUT2D eigenvalue weighted by molar-refractivity contribution is 5.98. The average Bonchev–Trinajstić information content (AvgIpc) is 2.27. The lowest BCUT2D eigenvalue weighted by Crippen LogP contribution is -2.33. The molecule has 15 heavy (non-hydrogen) atoms. The van der Waals surface area contributed by atoms with Crippen LogP contribution in [0.15, 0.2) is 18.3 Å². The first kappa shape index (κ1) is 11.5. The highest BCUT2D eigenvalue weighted by atomic mass is 16.3. The number of nitrogen functional groups attached to an aromatic ring is 1. The van der Waals surface area contributed by atoms with Gasteiger partial charge in [-0.1, -0.05) is 0 Å². The van der Waals surface area contributed by atoms with Gasteiger partial charge < -0.3 is 15.7 Å². The molecule has 0 saturated heterocycles. The molecule has 0 radical (unpaired) electrons. The van der Waals surface area contributed by atoms with Crippen LogP contribution in [0.25, 0.3) is 0 Å². The van der Waals surface area contributed by atoms with Gasteiger partial charge in [-0.15, -0.1) is 0 Å². The van der Waals surface area contributed by atoms with Gasteiger partial charge in [-0.05, 0) is 19.1 Å². The molecule has 82 valence electrons. The van der Waals surface area contributed by atoms with Gasteiger partial charge in [0, 0.05) is 19.3 Å². The molecule has 0 amide bonds. The fraction of sp³-hybridized carbons (Fsp3) is 0.400. The van der Waals surface area contributed by atoms with Crippen LogP contribution < -0.4 is 10.6 Å². The van der Waals surface area contributed by atoms with E-state index >= 15 is 0 Å². The molecule has 1 aromatic heterocycles. The molecule has 5 heteroatoms. The minimum Gasteiger partial charge on any atom is -0.394 e. The van der Waals surface area contributed by atoms with E-state index in [2.05, 4.69) is 4.98 Å². The zero-order chi connectivity index (χ0) is 11.4. The van der Waals surface area contributed by atoms with Crippen LogP contribution in [0.5, 0.6) is 0 Å². The second-order valence-electron chi connectivity index (χ2n) is 3.43. The summed E-state index contributed by atoms with van der Waals surface area (Å²) in [5.74, 6) is -0.0670. The molecule has 1 rings (SSSR count). The summed E-state index contributed by atoms with van der Waals surface area (Å²) in [6.07, 6.45) is 1.59. The summed E-state index contributed by atoms with van der Waals surface area (Å²) in [4.78, 5) is 5.89. The Morgan fingerprint density at radius 1 is 1.73 bits per heavy atom. The number of anilines is 1. The summed E-state index contributed by atoms with van der Waals surface area (Å²) < 4.78 is 0. The van der Waals surface area contributed by atoms with E-state index in [1.165, 1.54) is 0 Å². The van der Waals surface area contributed by atoms with Crippen molar-refractivity contribution in [3.8, 4) is 0 Å². The Labute approximate surface area is 89.1 Å². The van der Waals surface area contributed by atoms with E-state index in [1.807, 2.05) is 24.9 Å². The quantitative estimate of drug-likeness (QED) is 0.486. The number of aliphatic hydroxyl groups is 1. The minimum atomic E-state index is -0.0670. The smallest absolute Gasteiger partial charge is 0.143 e. The monoisotopic (exact) mass is 208 g/mol. The molecule has 0 aliphatic rings. The molecule has 1 aromatic rings. The Kier molecular flexibility index (Phi) is 3.62. The number of nitrogens with two attached hydrogens (primary N) is 1. The molecular weight excluding hydrogens is 192 g/mol. The molecule has 1 unspecified atom stereocenters. The molecule has 1 heterocycles. The number of hydrogen-bond donors (Lipinski definition) is 3. The molecular formula is C10H16N4O. The molecule has 4 N–H and O–H groups in total. The van der Waals surface area contributed by atoms with Crippen molar-refractivity contribution >= 4 is 11.5 Å². The van der Waals surface area contributed by atoms with Crippen molar-refractivity contribution in [1.29, 1.82) is 5.41 Å². The van der Waals surface area contributed by atoms with Gasteiger partial charge in [0.05, 0.1) is 12.3 Å². The van der Waals surface area contributed by atoms with Gasteiger partial charge in [0.15, 0.2) is 0 Å². The third-order valence-corrected chi connectivity index (χ3v) is 2.35. The van der Waals surface area contributed by atoms with Gasteiger partial charge in [-0.25, -0.2) is 0 Å². The molecule has 0 bridgehead atoms. The van der Waals surface area contributed by atoms with Gasteiger partial charge in [-0.3, -0.25) is 10.4 Å². The topological polar surface area (TPSA) is 86.2 Å². The van der Waals surface area contributed by atoms with Crippen molar-refractivity contribution < 1.29 is 5.11 Å². The second kappa shape index (κ2) is 4.75. The van der Waals surface area contributed by atoms with Crippen molar-refractivity contribution in [2.75, 3.05) is 18.6 Å². The number of amidine groups is 1. The lowest BCUT2D eigenvalue weighted by Gasteiger charge is -2.26. The summed E-state index contributed by atoms with van der Waals surface area (Å²) in [6, 6.07) is 3.57. The van der Waals surface area contributed by atoms with Crippen LogP contribution in [0.2, 0.25) is 0 Å². The largest absolute Gasteiger partial charge is 0.394 e. The highest BCUT2D eigenvalue weighted by Crippen LogP contribution is 2.18. The Hall–Kier alpha value is -1.62. The first-order valence-corrected chi connectivity index (χ1v) is 4.71. The van der Waals surface area contributed by atoms with Crippen molar-refractivity contribution in [3.63, 3.8) is 0 Å². The first-order valence-electron chi connectivity index (χ1n) is 4.71. The van der Waals surface area contributed by atoms with Gasteiger partial charge >= 0.3 is 0 Å². The van der Waals surface area contributed by atoms with Gasteiger partial charge in [0.25, 0.3) is 0 Å². The molecule has 5 nitrogen and oxygen atoms in total. The number of nitrogens with one attached hydrogen (secondary N) is 1. The lowest BCUT2D eigenvalue weighted by molar-refractivity contribution is 0.270. The van der Waals surface area contributed by atoms with E-state index in [1.54, 1.807) is 12.3 Å². The highest BCUT2D eigenvalue weighted by Gasteiger charge is 2.14. The lowest BCUT2D eigenvalue weighted by atomic mass is 10.2. The summed E-state index contributed by atoms with van der Waals surface area (Å²) >= 11 is 0. The maximum Gasteiger partial charge on any atom is 0.143 e. The Morgan fingerprint density at radius 3 is 2.93 bits per heavy atom. The normalized spacial score (nSPS) is 12.2. The van der Waals surface area contributed by atoms with E-state index in [4.69, 9.17) is 16.2 Å². The van der Waals surface area contributed by atoms with E-state index in [0.29, 0.717) is 5.69 Å². The second-order valence-corrected chi connectivity index (χ2v) is 3.43. The molecule has 1 atom stereocenters. The first-order chi connectivity index (χ1) is 7.07. The predicted molar refractivity (Wildman–Crippen MR) is 60.2 cm³/mol. The standard InChI is InChI=1S/C10H16N4O/c1-7(6-15)14(2)8-4-3-5-13-9(8)10(11)12/h3-5,7,15H,6H2,1-2H3,(H3,11,12). The van der Waals surface area contributed by atoms with Crippen molar-refractivity contribution in [1.82, 2.24) is 4.98 Å². The van der Waals surface area contributed by atoms with Crippen LogP contribution >= 0.6 is 0 Å². The van der Waals surface area contributed by atoms with E-state index in [0.717, 1.165) is 5.69 Å². The van der Waals surface area contributed by atoms with Crippen LogP contribution in [0.4, 0.5) is 5.69 Å². The fourth-order valence-electron chi connectivity index (χ4n) is 1.25. The van der Waals surface area contributed by atoms with Crippen molar-refractivity contribution in [3.05, 3.63) is 24.0 Å². The third kappa shape index (κ3) is 2.44. The van der Waals surface area contributed by atoms with Gasteiger partial charge in [-0.2, -0.15) is 0 Å². The van der Waals surface area contributed by atoms with Crippen LogP contribution in [-0.2, 0) is 0 Å². The minimum absolute atomic E-state index is 0.0349. The summed E-state index contributed by atoms with van der Waals surface area (Å²) in [5, 5.41) is 16.4. The molecule has 0 spiro atoms. The maximum absolute atomic E-state index is 9.05. The SMILES string of the molecule is CC(CO)N(C)c1cccnc1C(=N)N. The summed E-state index contributed by atoms with van der Waals surface area (Å²) in [6.45, 7) is 1.93. The zero-order valence-corrected chi connectivity index (χ0v) is 8.94. The zero-order valence-electron chi connectivity index (χ0n) is 8.94. The maximum atomic E-state index is 9.05. The number of nitrogens with zero attached hydrogens (tertiary/aromatic N) is 2.